The standard InChI is InChI=1S/C13H26N2O3/c1-4-13(5-2,10-16)14-11(3)12(17)15-6-8-18-9-7-15/h11,14,16H,4-10H2,1-3H3. The van der Waals surface area contributed by atoms with Gasteiger partial charge in [-0.25, -0.2) is 0 Å². The van der Waals surface area contributed by atoms with Crippen LogP contribution in [0.3, 0.4) is 0 Å². The van der Waals surface area contributed by atoms with Gasteiger partial charge in [-0.15, -0.1) is 0 Å². The van der Waals surface area contributed by atoms with Crippen molar-refractivity contribution >= 4 is 5.91 Å². The van der Waals surface area contributed by atoms with Gasteiger partial charge in [0.1, 0.15) is 0 Å². The van der Waals surface area contributed by atoms with E-state index in [0.717, 1.165) is 12.8 Å². The van der Waals surface area contributed by atoms with E-state index in [1.165, 1.54) is 0 Å². The molecule has 0 aromatic rings. The quantitative estimate of drug-likeness (QED) is 0.723. The number of carbonyl (C=O) groups is 1. The number of aliphatic hydroxyl groups excluding tert-OH is 1. The number of nitrogens with one attached hydrogen (secondary N) is 1. The molecule has 1 fully saturated rings. The average Bonchev–Trinajstić information content (AvgIpc) is 2.45. The number of aliphatic hydroxyl groups is 1. The molecule has 1 saturated heterocycles. The number of carbonyl (C=O) groups excluding carboxylic acids is 1. The molecule has 1 unspecified atom stereocenters. The first-order valence-corrected chi connectivity index (χ1v) is 6.83. The summed E-state index contributed by atoms with van der Waals surface area (Å²) in [5.41, 5.74) is -0.346. The van der Waals surface area contributed by atoms with Crippen LogP contribution in [0.4, 0.5) is 0 Å². The number of ether oxygens (including phenoxy) is 1. The fourth-order valence-corrected chi connectivity index (χ4v) is 2.30. The van der Waals surface area contributed by atoms with Crippen molar-refractivity contribution in [1.82, 2.24) is 10.2 Å². The van der Waals surface area contributed by atoms with Crippen molar-refractivity contribution < 1.29 is 14.6 Å². The second-order valence-electron chi connectivity index (χ2n) is 4.95. The van der Waals surface area contributed by atoms with Crippen LogP contribution in [-0.2, 0) is 9.53 Å². The smallest absolute Gasteiger partial charge is 0.239 e. The Morgan fingerprint density at radius 2 is 1.94 bits per heavy atom. The third kappa shape index (κ3) is 3.67. The number of hydrogen-bond acceptors (Lipinski definition) is 4. The summed E-state index contributed by atoms with van der Waals surface area (Å²) in [6, 6.07) is -0.268. The van der Waals surface area contributed by atoms with Crippen molar-refractivity contribution in [2.24, 2.45) is 0 Å². The van der Waals surface area contributed by atoms with Crippen molar-refractivity contribution in [2.75, 3.05) is 32.9 Å². The van der Waals surface area contributed by atoms with E-state index in [2.05, 4.69) is 5.32 Å². The van der Waals surface area contributed by atoms with Crippen molar-refractivity contribution in [1.29, 1.82) is 0 Å². The molecule has 1 aliphatic rings. The van der Waals surface area contributed by atoms with Crippen LogP contribution >= 0.6 is 0 Å². The highest BCUT2D eigenvalue weighted by Crippen LogP contribution is 2.16. The van der Waals surface area contributed by atoms with Gasteiger partial charge in [-0.1, -0.05) is 13.8 Å². The number of morpholine rings is 1. The van der Waals surface area contributed by atoms with Gasteiger partial charge in [0.15, 0.2) is 0 Å². The second-order valence-corrected chi connectivity index (χ2v) is 4.95. The Bertz CT molecular complexity index is 253. The number of amides is 1. The molecule has 0 saturated carbocycles. The Morgan fingerprint density at radius 1 is 1.39 bits per heavy atom. The summed E-state index contributed by atoms with van der Waals surface area (Å²) in [5, 5.41) is 12.8. The Hall–Kier alpha value is -0.650. The SMILES string of the molecule is CCC(CC)(CO)NC(C)C(=O)N1CCOCC1. The van der Waals surface area contributed by atoms with Gasteiger partial charge in [-0.05, 0) is 19.8 Å². The number of nitrogens with zero attached hydrogens (tertiary/aromatic N) is 1. The van der Waals surface area contributed by atoms with Crippen molar-refractivity contribution in [2.45, 2.75) is 45.2 Å². The van der Waals surface area contributed by atoms with Crippen molar-refractivity contribution in [3.8, 4) is 0 Å². The summed E-state index contributed by atoms with van der Waals surface area (Å²) in [4.78, 5) is 14.1. The number of rotatable bonds is 6. The van der Waals surface area contributed by atoms with Gasteiger partial charge in [0.25, 0.3) is 0 Å². The molecule has 1 amide bonds. The Morgan fingerprint density at radius 3 is 2.39 bits per heavy atom. The third-order valence-corrected chi connectivity index (χ3v) is 3.87. The molecule has 0 aromatic carbocycles. The van der Waals surface area contributed by atoms with E-state index in [9.17, 15) is 9.90 Å². The molecule has 0 aromatic heterocycles. The predicted molar refractivity (Wildman–Crippen MR) is 70.4 cm³/mol. The van der Waals surface area contributed by atoms with Gasteiger partial charge in [-0.2, -0.15) is 0 Å². The zero-order valence-electron chi connectivity index (χ0n) is 11.7. The monoisotopic (exact) mass is 258 g/mol. The molecular weight excluding hydrogens is 232 g/mol. The maximum Gasteiger partial charge on any atom is 0.239 e. The Labute approximate surface area is 109 Å². The van der Waals surface area contributed by atoms with Crippen LogP contribution in [0.2, 0.25) is 0 Å². The summed E-state index contributed by atoms with van der Waals surface area (Å²) < 4.78 is 5.24. The molecule has 0 bridgehead atoms. The minimum atomic E-state index is -0.346. The van der Waals surface area contributed by atoms with E-state index in [1.54, 1.807) is 0 Å². The van der Waals surface area contributed by atoms with Gasteiger partial charge >= 0.3 is 0 Å². The highest BCUT2D eigenvalue weighted by atomic mass is 16.5. The molecule has 1 heterocycles. The van der Waals surface area contributed by atoms with Crippen LogP contribution in [0, 0.1) is 0 Å². The molecule has 2 N–H and O–H groups in total. The maximum absolute atomic E-state index is 12.2. The molecule has 18 heavy (non-hydrogen) atoms. The summed E-state index contributed by atoms with van der Waals surface area (Å²) in [7, 11) is 0. The largest absolute Gasteiger partial charge is 0.394 e. The number of hydrogen-bond donors (Lipinski definition) is 2. The van der Waals surface area contributed by atoms with Crippen LogP contribution in [0.25, 0.3) is 0 Å². The minimum Gasteiger partial charge on any atom is -0.394 e. The first-order valence-electron chi connectivity index (χ1n) is 6.83. The van der Waals surface area contributed by atoms with Gasteiger partial charge in [0, 0.05) is 18.6 Å². The summed E-state index contributed by atoms with van der Waals surface area (Å²) in [6.07, 6.45) is 1.61. The molecule has 0 spiro atoms. The van der Waals surface area contributed by atoms with Crippen molar-refractivity contribution in [3.63, 3.8) is 0 Å². The lowest BCUT2D eigenvalue weighted by Gasteiger charge is -2.36. The summed E-state index contributed by atoms with van der Waals surface area (Å²) in [5.74, 6) is 0.0954. The molecule has 1 atom stereocenters. The van der Waals surface area contributed by atoms with Gasteiger partial charge < -0.3 is 14.7 Å². The first kappa shape index (κ1) is 15.4. The van der Waals surface area contributed by atoms with E-state index in [-0.39, 0.29) is 24.1 Å². The topological polar surface area (TPSA) is 61.8 Å². The highest BCUT2D eigenvalue weighted by molar-refractivity contribution is 5.81. The lowest BCUT2D eigenvalue weighted by molar-refractivity contribution is -0.137. The maximum atomic E-state index is 12.2. The zero-order valence-corrected chi connectivity index (χ0v) is 11.7. The molecule has 0 radical (unpaired) electrons. The van der Waals surface area contributed by atoms with Gasteiger partial charge in [-0.3, -0.25) is 10.1 Å². The summed E-state index contributed by atoms with van der Waals surface area (Å²) in [6.45, 7) is 8.53. The molecule has 5 heteroatoms. The molecule has 0 aliphatic carbocycles. The lowest BCUT2D eigenvalue weighted by atomic mass is 9.92. The highest BCUT2D eigenvalue weighted by Gasteiger charge is 2.31. The van der Waals surface area contributed by atoms with Crippen molar-refractivity contribution in [3.05, 3.63) is 0 Å². The zero-order chi connectivity index (χ0) is 13.6. The summed E-state index contributed by atoms with van der Waals surface area (Å²) >= 11 is 0. The van der Waals surface area contributed by atoms with Gasteiger partial charge in [0.05, 0.1) is 25.9 Å². The van der Waals surface area contributed by atoms with Crippen LogP contribution in [-0.4, -0.2) is 60.4 Å². The van der Waals surface area contributed by atoms with E-state index in [4.69, 9.17) is 4.74 Å². The minimum absolute atomic E-state index is 0.0563. The van der Waals surface area contributed by atoms with E-state index >= 15 is 0 Å². The molecule has 5 nitrogen and oxygen atoms in total. The Balaban J connectivity index is 2.57. The normalized spacial score (nSPS) is 18.8. The fraction of sp³-hybridized carbons (Fsp3) is 0.923. The average molecular weight is 258 g/mol. The van der Waals surface area contributed by atoms with Crippen LogP contribution in [0.5, 0.6) is 0 Å². The lowest BCUT2D eigenvalue weighted by Crippen LogP contribution is -2.57. The molecule has 1 aliphatic heterocycles. The first-order chi connectivity index (χ1) is 8.58. The second kappa shape index (κ2) is 7.07. The molecule has 106 valence electrons. The van der Waals surface area contributed by atoms with Crippen LogP contribution in [0.15, 0.2) is 0 Å². The fourth-order valence-electron chi connectivity index (χ4n) is 2.30. The van der Waals surface area contributed by atoms with Gasteiger partial charge in [0.2, 0.25) is 5.91 Å². The third-order valence-electron chi connectivity index (χ3n) is 3.87. The van der Waals surface area contributed by atoms with Crippen LogP contribution < -0.4 is 5.32 Å². The van der Waals surface area contributed by atoms with E-state index in [0.29, 0.717) is 26.3 Å². The van der Waals surface area contributed by atoms with E-state index in [1.807, 2.05) is 25.7 Å². The van der Waals surface area contributed by atoms with Crippen LogP contribution in [0.1, 0.15) is 33.6 Å². The van der Waals surface area contributed by atoms with E-state index < -0.39 is 0 Å². The molecular formula is C13H26N2O3. The Kier molecular flexibility index (Phi) is 6.05. The predicted octanol–water partition coefficient (Wildman–Crippen LogP) is 0.374. The molecule has 1 rings (SSSR count).